The fraction of sp³-hybridized carbons (Fsp3) is 0.571. The zero-order chi connectivity index (χ0) is 13.1. The van der Waals surface area contributed by atoms with E-state index < -0.39 is 0 Å². The average molecular weight is 269 g/mol. The van der Waals surface area contributed by atoms with Crippen LogP contribution in [-0.2, 0) is 0 Å². The molecule has 1 saturated heterocycles. The second-order valence-electron chi connectivity index (χ2n) is 5.09. The topological polar surface area (TPSA) is 49.5 Å². The molecular weight excluding hydrogens is 248 g/mol. The van der Waals surface area contributed by atoms with Crippen LogP contribution in [0, 0.1) is 0 Å². The summed E-state index contributed by atoms with van der Waals surface area (Å²) < 4.78 is 0. The van der Waals surface area contributed by atoms with E-state index in [0.717, 1.165) is 36.5 Å². The molecule has 1 aromatic rings. The maximum absolute atomic E-state index is 9.59. The first-order valence-electron chi connectivity index (χ1n) is 6.51. The van der Waals surface area contributed by atoms with Crippen LogP contribution in [0.15, 0.2) is 24.3 Å². The minimum Gasteiger partial charge on any atom is -0.393 e. The first kappa shape index (κ1) is 13.8. The lowest BCUT2D eigenvalue weighted by atomic mass is 9.96. The molecule has 100 valence electrons. The molecule has 2 unspecified atom stereocenters. The van der Waals surface area contributed by atoms with E-state index in [1.54, 1.807) is 0 Å². The van der Waals surface area contributed by atoms with Crippen molar-refractivity contribution in [2.45, 2.75) is 38.0 Å². The molecule has 3 N–H and O–H groups in total. The van der Waals surface area contributed by atoms with E-state index in [1.807, 2.05) is 31.2 Å². The van der Waals surface area contributed by atoms with Crippen molar-refractivity contribution < 1.29 is 5.11 Å². The molecule has 0 saturated carbocycles. The Hall–Kier alpha value is -0.610. The van der Waals surface area contributed by atoms with E-state index in [9.17, 15) is 5.11 Å². The number of benzene rings is 1. The van der Waals surface area contributed by atoms with Gasteiger partial charge in [0.25, 0.3) is 0 Å². The summed E-state index contributed by atoms with van der Waals surface area (Å²) in [6.45, 7) is 3.76. The maximum Gasteiger partial charge on any atom is 0.0564 e. The second-order valence-corrected chi connectivity index (χ2v) is 5.50. The normalized spacial score (nSPS) is 21.8. The first-order valence-corrected chi connectivity index (χ1v) is 6.89. The van der Waals surface area contributed by atoms with Crippen LogP contribution in [0.1, 0.15) is 31.4 Å². The Morgan fingerprint density at radius 1 is 1.33 bits per heavy atom. The molecule has 2 rings (SSSR count). The molecule has 1 aliphatic heterocycles. The van der Waals surface area contributed by atoms with Gasteiger partial charge in [-0.15, -0.1) is 0 Å². The number of rotatable bonds is 3. The number of hydrogen-bond acceptors (Lipinski definition) is 3. The summed E-state index contributed by atoms with van der Waals surface area (Å²) in [7, 11) is 0. The van der Waals surface area contributed by atoms with Gasteiger partial charge in [-0.1, -0.05) is 29.8 Å². The van der Waals surface area contributed by atoms with Crippen LogP contribution in [0.3, 0.4) is 0 Å². The van der Waals surface area contributed by atoms with Gasteiger partial charge in [0, 0.05) is 24.2 Å². The number of nitrogens with two attached hydrogens (primary N) is 1. The molecule has 0 bridgehead atoms. The highest BCUT2D eigenvalue weighted by atomic mass is 35.5. The molecule has 2 atom stereocenters. The fourth-order valence-corrected chi connectivity index (χ4v) is 2.94. The van der Waals surface area contributed by atoms with Crippen molar-refractivity contribution in [1.29, 1.82) is 0 Å². The molecule has 1 aliphatic rings. The van der Waals surface area contributed by atoms with E-state index in [0.29, 0.717) is 0 Å². The lowest BCUT2D eigenvalue weighted by molar-refractivity contribution is 0.0549. The number of hydrogen-bond donors (Lipinski definition) is 2. The molecule has 0 radical (unpaired) electrons. The largest absolute Gasteiger partial charge is 0.393 e. The van der Waals surface area contributed by atoms with E-state index >= 15 is 0 Å². The van der Waals surface area contributed by atoms with E-state index in [4.69, 9.17) is 17.3 Å². The van der Waals surface area contributed by atoms with Crippen LogP contribution in [0.5, 0.6) is 0 Å². The Labute approximate surface area is 114 Å². The van der Waals surface area contributed by atoms with Crippen molar-refractivity contribution in [3.05, 3.63) is 34.9 Å². The minimum absolute atomic E-state index is 0.0140. The SMILES string of the molecule is CC(N)C(c1ccccc1Cl)N1CCC(O)CC1. The van der Waals surface area contributed by atoms with Crippen LogP contribution in [0.2, 0.25) is 5.02 Å². The Morgan fingerprint density at radius 3 is 2.50 bits per heavy atom. The molecule has 0 aliphatic carbocycles. The summed E-state index contributed by atoms with van der Waals surface area (Å²) in [5.41, 5.74) is 7.23. The Bertz CT molecular complexity index is 389. The summed E-state index contributed by atoms with van der Waals surface area (Å²) in [5, 5.41) is 10.4. The molecule has 1 fully saturated rings. The molecule has 0 amide bonds. The van der Waals surface area contributed by atoms with Gasteiger partial charge in [-0.2, -0.15) is 0 Å². The minimum atomic E-state index is -0.166. The highest BCUT2D eigenvalue weighted by molar-refractivity contribution is 6.31. The highest BCUT2D eigenvalue weighted by Gasteiger charge is 2.28. The molecule has 4 heteroatoms. The Balaban J connectivity index is 2.21. The average Bonchev–Trinajstić information content (AvgIpc) is 2.34. The summed E-state index contributed by atoms with van der Waals surface area (Å²) >= 11 is 6.28. The molecule has 3 nitrogen and oxygen atoms in total. The van der Waals surface area contributed by atoms with Crippen molar-refractivity contribution in [3.8, 4) is 0 Å². The van der Waals surface area contributed by atoms with Gasteiger partial charge in [-0.05, 0) is 31.4 Å². The van der Waals surface area contributed by atoms with Crippen molar-refractivity contribution in [2.75, 3.05) is 13.1 Å². The van der Waals surface area contributed by atoms with Crippen LogP contribution in [0.4, 0.5) is 0 Å². The van der Waals surface area contributed by atoms with E-state index in [-0.39, 0.29) is 18.2 Å². The maximum atomic E-state index is 9.59. The van der Waals surface area contributed by atoms with Gasteiger partial charge in [0.1, 0.15) is 0 Å². The van der Waals surface area contributed by atoms with Crippen LogP contribution >= 0.6 is 11.6 Å². The lowest BCUT2D eigenvalue weighted by Gasteiger charge is -2.38. The third-order valence-corrected chi connectivity index (χ3v) is 3.96. The Morgan fingerprint density at radius 2 is 1.94 bits per heavy atom. The summed E-state index contributed by atoms with van der Waals surface area (Å²) in [6.07, 6.45) is 1.46. The number of nitrogens with zero attached hydrogens (tertiary/aromatic N) is 1. The smallest absolute Gasteiger partial charge is 0.0564 e. The molecule has 18 heavy (non-hydrogen) atoms. The number of aliphatic hydroxyl groups is 1. The molecule has 0 spiro atoms. The first-order chi connectivity index (χ1) is 8.59. The van der Waals surface area contributed by atoms with Gasteiger partial charge >= 0.3 is 0 Å². The van der Waals surface area contributed by atoms with Gasteiger partial charge in [0.2, 0.25) is 0 Å². The Kier molecular flexibility index (Phi) is 4.62. The molecule has 1 heterocycles. The summed E-state index contributed by atoms with van der Waals surface area (Å²) in [4.78, 5) is 2.33. The number of likely N-dealkylation sites (tertiary alicyclic amines) is 1. The fourth-order valence-electron chi connectivity index (χ4n) is 2.69. The van der Waals surface area contributed by atoms with E-state index in [1.165, 1.54) is 0 Å². The van der Waals surface area contributed by atoms with Crippen LogP contribution in [-0.4, -0.2) is 35.2 Å². The zero-order valence-electron chi connectivity index (χ0n) is 10.7. The van der Waals surface area contributed by atoms with Crippen LogP contribution < -0.4 is 5.73 Å². The highest BCUT2D eigenvalue weighted by Crippen LogP contribution is 2.31. The van der Waals surface area contributed by atoms with Gasteiger partial charge in [-0.3, -0.25) is 4.90 Å². The lowest BCUT2D eigenvalue weighted by Crippen LogP contribution is -2.44. The van der Waals surface area contributed by atoms with Gasteiger partial charge < -0.3 is 10.8 Å². The van der Waals surface area contributed by atoms with Gasteiger partial charge in [0.15, 0.2) is 0 Å². The van der Waals surface area contributed by atoms with Crippen molar-refractivity contribution in [1.82, 2.24) is 4.90 Å². The van der Waals surface area contributed by atoms with Gasteiger partial charge in [-0.25, -0.2) is 0 Å². The predicted octanol–water partition coefficient (Wildman–Crippen LogP) is 2.19. The third-order valence-electron chi connectivity index (χ3n) is 3.61. The van der Waals surface area contributed by atoms with E-state index in [2.05, 4.69) is 4.90 Å². The van der Waals surface area contributed by atoms with Crippen molar-refractivity contribution in [3.63, 3.8) is 0 Å². The monoisotopic (exact) mass is 268 g/mol. The second kappa shape index (κ2) is 6.02. The molecular formula is C14H21ClN2O. The standard InChI is InChI=1S/C14H21ClN2O/c1-10(16)14(12-4-2-3-5-13(12)15)17-8-6-11(18)7-9-17/h2-5,10-11,14,18H,6-9,16H2,1H3. The quantitative estimate of drug-likeness (QED) is 0.884. The van der Waals surface area contributed by atoms with Crippen molar-refractivity contribution >= 4 is 11.6 Å². The number of aliphatic hydroxyl groups excluding tert-OH is 1. The number of halogens is 1. The predicted molar refractivity (Wildman–Crippen MR) is 74.7 cm³/mol. The van der Waals surface area contributed by atoms with Crippen molar-refractivity contribution in [2.24, 2.45) is 5.73 Å². The van der Waals surface area contributed by atoms with Crippen LogP contribution in [0.25, 0.3) is 0 Å². The molecule has 0 aromatic heterocycles. The summed E-state index contributed by atoms with van der Waals surface area (Å²) in [5.74, 6) is 0. The number of piperidine rings is 1. The zero-order valence-corrected chi connectivity index (χ0v) is 11.5. The van der Waals surface area contributed by atoms with Gasteiger partial charge in [0.05, 0.1) is 12.1 Å². The molecule has 1 aromatic carbocycles. The third kappa shape index (κ3) is 3.04. The summed E-state index contributed by atoms with van der Waals surface area (Å²) in [6, 6.07) is 8.03.